The zero-order chi connectivity index (χ0) is 16.7. The summed E-state index contributed by atoms with van der Waals surface area (Å²) in [5, 5.41) is 5.81. The van der Waals surface area contributed by atoms with Crippen molar-refractivity contribution in [3.05, 3.63) is 18.7 Å². The Morgan fingerprint density at radius 2 is 2.00 bits per heavy atom. The van der Waals surface area contributed by atoms with Crippen LogP contribution in [0.25, 0.3) is 0 Å². The van der Waals surface area contributed by atoms with E-state index in [0.29, 0.717) is 32.8 Å². The molecule has 1 aromatic rings. The van der Waals surface area contributed by atoms with Crippen molar-refractivity contribution in [2.45, 2.75) is 38.9 Å². The van der Waals surface area contributed by atoms with E-state index in [9.17, 15) is 9.59 Å². The molecule has 2 heterocycles. The van der Waals surface area contributed by atoms with Crippen LogP contribution in [0, 0.1) is 0 Å². The average Bonchev–Trinajstić information content (AvgIpc) is 3.00. The number of amides is 3. The van der Waals surface area contributed by atoms with Gasteiger partial charge in [-0.2, -0.15) is 0 Å². The van der Waals surface area contributed by atoms with Gasteiger partial charge in [-0.25, -0.2) is 9.78 Å². The van der Waals surface area contributed by atoms with E-state index in [2.05, 4.69) is 15.6 Å². The normalized spacial score (nSPS) is 16.2. The minimum Gasteiger partial charge on any atom is -0.378 e. The fraction of sp³-hybridized carbons (Fsp3) is 0.667. The first-order valence-corrected chi connectivity index (χ1v) is 7.93. The minimum atomic E-state index is -0.293. The van der Waals surface area contributed by atoms with Crippen LogP contribution in [0.2, 0.25) is 0 Å². The van der Waals surface area contributed by atoms with E-state index < -0.39 is 0 Å². The molecular weight excluding hydrogens is 298 g/mol. The quantitative estimate of drug-likeness (QED) is 0.783. The molecule has 0 aromatic carbocycles. The molecule has 8 heteroatoms. The first-order valence-electron chi connectivity index (χ1n) is 7.93. The fourth-order valence-electron chi connectivity index (χ4n) is 2.45. The third-order valence-corrected chi connectivity index (χ3v) is 3.50. The molecule has 0 aliphatic carbocycles. The second kappa shape index (κ2) is 8.52. The molecule has 2 rings (SSSR count). The van der Waals surface area contributed by atoms with E-state index in [1.54, 1.807) is 17.4 Å². The van der Waals surface area contributed by atoms with Crippen molar-refractivity contribution in [1.29, 1.82) is 0 Å². The molecule has 1 atom stereocenters. The molecule has 1 aliphatic rings. The summed E-state index contributed by atoms with van der Waals surface area (Å²) in [4.78, 5) is 30.1. The summed E-state index contributed by atoms with van der Waals surface area (Å²) in [6, 6.07) is -0.375. The SMILES string of the molecule is CC(C)NC(=O)C[C@H](Cn1ccnc1)NC(=O)N1CCOCC1. The number of hydrogen-bond acceptors (Lipinski definition) is 4. The van der Waals surface area contributed by atoms with Crippen LogP contribution in [0.3, 0.4) is 0 Å². The van der Waals surface area contributed by atoms with Gasteiger partial charge in [0, 0.05) is 44.5 Å². The van der Waals surface area contributed by atoms with Crippen LogP contribution in [-0.2, 0) is 16.1 Å². The van der Waals surface area contributed by atoms with Crippen molar-refractivity contribution in [3.8, 4) is 0 Å². The number of nitrogens with one attached hydrogen (secondary N) is 2. The van der Waals surface area contributed by atoms with Crippen molar-refractivity contribution in [3.63, 3.8) is 0 Å². The molecular formula is C15H25N5O3. The smallest absolute Gasteiger partial charge is 0.317 e. The van der Waals surface area contributed by atoms with Gasteiger partial charge in [-0.3, -0.25) is 4.79 Å². The Kier molecular flexibility index (Phi) is 6.40. The highest BCUT2D eigenvalue weighted by atomic mass is 16.5. The van der Waals surface area contributed by atoms with Gasteiger partial charge in [-0.1, -0.05) is 0 Å². The molecule has 23 heavy (non-hydrogen) atoms. The number of aromatic nitrogens is 2. The summed E-state index contributed by atoms with van der Waals surface area (Å²) in [5.74, 6) is -0.0765. The van der Waals surface area contributed by atoms with Crippen LogP contribution in [0.5, 0.6) is 0 Å². The molecule has 0 saturated carbocycles. The summed E-state index contributed by atoms with van der Waals surface area (Å²) in [7, 11) is 0. The lowest BCUT2D eigenvalue weighted by molar-refractivity contribution is -0.122. The largest absolute Gasteiger partial charge is 0.378 e. The second-order valence-corrected chi connectivity index (χ2v) is 5.93. The molecule has 8 nitrogen and oxygen atoms in total. The van der Waals surface area contributed by atoms with Crippen LogP contribution in [0.4, 0.5) is 4.79 Å². The molecule has 0 unspecified atom stereocenters. The Hall–Kier alpha value is -2.09. The van der Waals surface area contributed by atoms with E-state index in [-0.39, 0.29) is 30.4 Å². The number of carbonyl (C=O) groups is 2. The zero-order valence-electron chi connectivity index (χ0n) is 13.7. The van der Waals surface area contributed by atoms with Crippen molar-refractivity contribution in [2.75, 3.05) is 26.3 Å². The zero-order valence-corrected chi connectivity index (χ0v) is 13.7. The van der Waals surface area contributed by atoms with E-state index in [4.69, 9.17) is 4.74 Å². The maximum absolute atomic E-state index is 12.3. The Morgan fingerprint density at radius 1 is 1.26 bits per heavy atom. The van der Waals surface area contributed by atoms with E-state index in [0.717, 1.165) is 0 Å². The number of rotatable bonds is 6. The molecule has 1 aromatic heterocycles. The fourth-order valence-corrected chi connectivity index (χ4v) is 2.45. The van der Waals surface area contributed by atoms with E-state index in [1.807, 2.05) is 24.6 Å². The van der Waals surface area contributed by atoms with Crippen LogP contribution in [-0.4, -0.2) is 64.8 Å². The molecule has 0 spiro atoms. The topological polar surface area (TPSA) is 88.5 Å². The highest BCUT2D eigenvalue weighted by molar-refractivity contribution is 5.79. The minimum absolute atomic E-state index is 0.0753. The van der Waals surface area contributed by atoms with E-state index >= 15 is 0 Å². The van der Waals surface area contributed by atoms with Gasteiger partial charge in [-0.05, 0) is 13.8 Å². The van der Waals surface area contributed by atoms with Crippen LogP contribution >= 0.6 is 0 Å². The maximum atomic E-state index is 12.3. The van der Waals surface area contributed by atoms with Crippen LogP contribution in [0.1, 0.15) is 20.3 Å². The van der Waals surface area contributed by atoms with Gasteiger partial charge in [0.25, 0.3) is 0 Å². The Balaban J connectivity index is 1.94. The average molecular weight is 323 g/mol. The monoisotopic (exact) mass is 323 g/mol. The summed E-state index contributed by atoms with van der Waals surface area (Å²) in [5.41, 5.74) is 0. The summed E-state index contributed by atoms with van der Waals surface area (Å²) >= 11 is 0. The summed E-state index contributed by atoms with van der Waals surface area (Å²) in [6.45, 7) is 6.57. The van der Waals surface area contributed by atoms with E-state index in [1.165, 1.54) is 0 Å². The van der Waals surface area contributed by atoms with Gasteiger partial charge in [-0.15, -0.1) is 0 Å². The third kappa shape index (κ3) is 5.90. The summed E-state index contributed by atoms with van der Waals surface area (Å²) < 4.78 is 7.10. The first kappa shape index (κ1) is 17.3. The lowest BCUT2D eigenvalue weighted by atomic mass is 10.2. The number of imidazole rings is 1. The Morgan fingerprint density at radius 3 is 2.61 bits per heavy atom. The molecule has 2 N–H and O–H groups in total. The van der Waals surface area contributed by atoms with Gasteiger partial charge in [0.1, 0.15) is 0 Å². The predicted octanol–water partition coefficient (Wildman–Crippen LogP) is 0.208. The Bertz CT molecular complexity index is 497. The predicted molar refractivity (Wildman–Crippen MR) is 84.8 cm³/mol. The lowest BCUT2D eigenvalue weighted by Crippen LogP contribution is -2.51. The van der Waals surface area contributed by atoms with Gasteiger partial charge in [0.15, 0.2) is 0 Å². The number of ether oxygens (including phenoxy) is 1. The second-order valence-electron chi connectivity index (χ2n) is 5.93. The van der Waals surface area contributed by atoms with Gasteiger partial charge >= 0.3 is 6.03 Å². The molecule has 0 radical (unpaired) electrons. The standard InChI is InChI=1S/C15H25N5O3/c1-12(2)17-14(21)9-13(10-19-4-3-16-11-19)18-15(22)20-5-7-23-8-6-20/h3-4,11-13H,5-10H2,1-2H3,(H,17,21)(H,18,22)/t13-/m1/s1. The molecule has 1 saturated heterocycles. The van der Waals surface area contributed by atoms with Crippen molar-refractivity contribution < 1.29 is 14.3 Å². The highest BCUT2D eigenvalue weighted by Crippen LogP contribution is 2.03. The highest BCUT2D eigenvalue weighted by Gasteiger charge is 2.22. The van der Waals surface area contributed by atoms with Crippen molar-refractivity contribution in [1.82, 2.24) is 25.1 Å². The number of nitrogens with zero attached hydrogens (tertiary/aromatic N) is 3. The van der Waals surface area contributed by atoms with Gasteiger partial charge in [0.2, 0.25) is 5.91 Å². The number of carbonyl (C=O) groups excluding carboxylic acids is 2. The molecule has 1 fully saturated rings. The third-order valence-electron chi connectivity index (χ3n) is 3.50. The number of hydrogen-bond donors (Lipinski definition) is 2. The maximum Gasteiger partial charge on any atom is 0.317 e. The molecule has 0 bridgehead atoms. The van der Waals surface area contributed by atoms with Crippen molar-refractivity contribution in [2.24, 2.45) is 0 Å². The van der Waals surface area contributed by atoms with Crippen LogP contribution in [0.15, 0.2) is 18.7 Å². The molecule has 1 aliphatic heterocycles. The molecule has 128 valence electrons. The number of morpholine rings is 1. The Labute approximate surface area is 136 Å². The molecule has 3 amide bonds. The first-order chi connectivity index (χ1) is 11.0. The lowest BCUT2D eigenvalue weighted by Gasteiger charge is -2.29. The van der Waals surface area contributed by atoms with Crippen LogP contribution < -0.4 is 10.6 Å². The summed E-state index contributed by atoms with van der Waals surface area (Å²) in [6.07, 6.45) is 5.39. The van der Waals surface area contributed by atoms with Gasteiger partial charge < -0.3 is 24.8 Å². The van der Waals surface area contributed by atoms with Gasteiger partial charge in [0.05, 0.1) is 25.6 Å². The number of urea groups is 1. The van der Waals surface area contributed by atoms with Crippen molar-refractivity contribution >= 4 is 11.9 Å².